The van der Waals surface area contributed by atoms with Crippen LogP contribution in [0.3, 0.4) is 0 Å². The molecule has 1 aliphatic heterocycles. The van der Waals surface area contributed by atoms with Crippen LogP contribution in [0.1, 0.15) is 49.6 Å². The molecule has 106 valence electrons. The van der Waals surface area contributed by atoms with Crippen LogP contribution in [-0.4, -0.2) is 16.2 Å². The van der Waals surface area contributed by atoms with Crippen LogP contribution in [0.4, 0.5) is 0 Å². The van der Waals surface area contributed by atoms with Gasteiger partial charge in [-0.25, -0.2) is 0 Å². The number of nitrogens with zero attached hydrogens (tertiary/aromatic N) is 2. The van der Waals surface area contributed by atoms with Gasteiger partial charge in [-0.15, -0.1) is 0 Å². The predicted octanol–water partition coefficient (Wildman–Crippen LogP) is 3.48. The van der Waals surface area contributed by atoms with Crippen molar-refractivity contribution in [2.75, 3.05) is 0 Å². The molecule has 3 rings (SSSR count). The van der Waals surface area contributed by atoms with E-state index in [0.717, 1.165) is 37.9 Å². The molecule has 0 radical (unpaired) electrons. The molecule has 0 amide bonds. The second-order valence-electron chi connectivity index (χ2n) is 5.40. The maximum Gasteiger partial charge on any atom is 0.255 e. The fourth-order valence-corrected chi connectivity index (χ4v) is 2.58. The van der Waals surface area contributed by atoms with Gasteiger partial charge in [0, 0.05) is 6.42 Å². The molecule has 0 saturated carbocycles. The first-order valence-electron chi connectivity index (χ1n) is 7.33. The van der Waals surface area contributed by atoms with Crippen molar-refractivity contribution in [3.05, 3.63) is 47.6 Å². The van der Waals surface area contributed by atoms with Crippen molar-refractivity contribution in [1.29, 1.82) is 0 Å². The molecule has 1 aromatic carbocycles. The summed E-state index contributed by atoms with van der Waals surface area (Å²) in [5.41, 5.74) is 1.35. The minimum Gasteiger partial charge on any atom is -0.365 e. The highest BCUT2D eigenvalue weighted by Crippen LogP contribution is 2.31. The van der Waals surface area contributed by atoms with Crippen LogP contribution in [0.2, 0.25) is 0 Å². The number of ether oxygens (including phenoxy) is 1. The Bertz CT molecular complexity index is 538. The molecule has 1 aliphatic rings. The standard InChI is InChI=1S/C16H20N2O2/c1-12-10-11-14(19-12)16-17-15(18-20-16)9-5-8-13-6-3-2-4-7-13/h2-4,6-7,12,14H,5,8-11H2,1H3/t12-,14+/m0/s1. The first kappa shape index (κ1) is 13.3. The molecule has 1 fully saturated rings. The van der Waals surface area contributed by atoms with E-state index in [4.69, 9.17) is 9.26 Å². The van der Waals surface area contributed by atoms with E-state index in [9.17, 15) is 0 Å². The van der Waals surface area contributed by atoms with Gasteiger partial charge in [0.25, 0.3) is 5.89 Å². The van der Waals surface area contributed by atoms with Crippen molar-refractivity contribution in [3.8, 4) is 0 Å². The van der Waals surface area contributed by atoms with Crippen molar-refractivity contribution < 1.29 is 9.26 Å². The number of rotatable bonds is 5. The fraction of sp³-hybridized carbons (Fsp3) is 0.500. The van der Waals surface area contributed by atoms with Crippen LogP contribution in [0.25, 0.3) is 0 Å². The Kier molecular flexibility index (Phi) is 4.11. The topological polar surface area (TPSA) is 48.2 Å². The third-order valence-corrected chi connectivity index (χ3v) is 3.70. The van der Waals surface area contributed by atoms with Gasteiger partial charge in [-0.1, -0.05) is 35.5 Å². The van der Waals surface area contributed by atoms with Gasteiger partial charge in [0.15, 0.2) is 5.82 Å². The van der Waals surface area contributed by atoms with E-state index in [1.54, 1.807) is 0 Å². The second kappa shape index (κ2) is 6.18. The molecule has 2 atom stereocenters. The van der Waals surface area contributed by atoms with E-state index in [1.165, 1.54) is 5.56 Å². The lowest BCUT2D eigenvalue weighted by Crippen LogP contribution is -2.01. The van der Waals surface area contributed by atoms with Gasteiger partial charge in [0.1, 0.15) is 6.10 Å². The SMILES string of the molecule is C[C@H]1CC[C@H](c2nc(CCCc3ccccc3)no2)O1. The molecule has 0 unspecified atom stereocenters. The van der Waals surface area contributed by atoms with Gasteiger partial charge in [-0.3, -0.25) is 0 Å². The zero-order valence-electron chi connectivity index (χ0n) is 11.8. The van der Waals surface area contributed by atoms with Crippen LogP contribution < -0.4 is 0 Å². The van der Waals surface area contributed by atoms with E-state index in [2.05, 4.69) is 41.3 Å². The molecule has 20 heavy (non-hydrogen) atoms. The number of hydrogen-bond donors (Lipinski definition) is 0. The monoisotopic (exact) mass is 272 g/mol. The average molecular weight is 272 g/mol. The van der Waals surface area contributed by atoms with Gasteiger partial charge in [-0.2, -0.15) is 4.98 Å². The lowest BCUT2D eigenvalue weighted by Gasteiger charge is -2.04. The normalized spacial score (nSPS) is 22.2. The van der Waals surface area contributed by atoms with Crippen molar-refractivity contribution in [2.45, 2.75) is 51.2 Å². The molecule has 2 aromatic rings. The average Bonchev–Trinajstić information content (AvgIpc) is 3.09. The Morgan fingerprint density at radius 1 is 1.15 bits per heavy atom. The number of aryl methyl sites for hydroxylation is 2. The summed E-state index contributed by atoms with van der Waals surface area (Å²) in [6.45, 7) is 2.08. The summed E-state index contributed by atoms with van der Waals surface area (Å²) < 4.78 is 11.1. The zero-order chi connectivity index (χ0) is 13.8. The maximum absolute atomic E-state index is 5.74. The molecular formula is C16H20N2O2. The van der Waals surface area contributed by atoms with Crippen molar-refractivity contribution in [1.82, 2.24) is 10.1 Å². The van der Waals surface area contributed by atoms with Crippen LogP contribution in [0, 0.1) is 0 Å². The Labute approximate surface area is 119 Å². The van der Waals surface area contributed by atoms with E-state index in [1.807, 2.05) is 6.07 Å². The zero-order valence-corrected chi connectivity index (χ0v) is 11.8. The number of benzene rings is 1. The van der Waals surface area contributed by atoms with E-state index < -0.39 is 0 Å². The highest BCUT2D eigenvalue weighted by atomic mass is 16.5. The Balaban J connectivity index is 1.50. The molecule has 4 heteroatoms. The van der Waals surface area contributed by atoms with Crippen molar-refractivity contribution >= 4 is 0 Å². The van der Waals surface area contributed by atoms with E-state index in [-0.39, 0.29) is 6.10 Å². The molecule has 1 saturated heterocycles. The summed E-state index contributed by atoms with van der Waals surface area (Å²) in [6.07, 6.45) is 5.27. The smallest absolute Gasteiger partial charge is 0.255 e. The lowest BCUT2D eigenvalue weighted by atomic mass is 10.1. The predicted molar refractivity (Wildman–Crippen MR) is 75.3 cm³/mol. The fourth-order valence-electron chi connectivity index (χ4n) is 2.58. The summed E-state index contributed by atoms with van der Waals surface area (Å²) >= 11 is 0. The molecular weight excluding hydrogens is 252 g/mol. The Morgan fingerprint density at radius 2 is 2.00 bits per heavy atom. The summed E-state index contributed by atoms with van der Waals surface area (Å²) in [5, 5.41) is 4.05. The Hall–Kier alpha value is -1.68. The molecule has 4 nitrogen and oxygen atoms in total. The first-order chi connectivity index (χ1) is 9.81. The summed E-state index contributed by atoms with van der Waals surface area (Å²) in [6, 6.07) is 10.5. The molecule has 0 aliphatic carbocycles. The highest BCUT2D eigenvalue weighted by Gasteiger charge is 2.28. The Morgan fingerprint density at radius 3 is 2.75 bits per heavy atom. The van der Waals surface area contributed by atoms with Crippen LogP contribution in [0.5, 0.6) is 0 Å². The summed E-state index contributed by atoms with van der Waals surface area (Å²) in [4.78, 5) is 4.46. The highest BCUT2D eigenvalue weighted by molar-refractivity contribution is 5.14. The minimum absolute atomic E-state index is 0.000346. The van der Waals surface area contributed by atoms with Gasteiger partial charge in [0.2, 0.25) is 0 Å². The third-order valence-electron chi connectivity index (χ3n) is 3.70. The molecule has 0 bridgehead atoms. The van der Waals surface area contributed by atoms with Gasteiger partial charge < -0.3 is 9.26 Å². The first-order valence-corrected chi connectivity index (χ1v) is 7.33. The van der Waals surface area contributed by atoms with E-state index in [0.29, 0.717) is 12.0 Å². The number of hydrogen-bond acceptors (Lipinski definition) is 4. The quantitative estimate of drug-likeness (QED) is 0.836. The molecule has 1 aromatic heterocycles. The van der Waals surface area contributed by atoms with Crippen molar-refractivity contribution in [3.63, 3.8) is 0 Å². The lowest BCUT2D eigenvalue weighted by molar-refractivity contribution is 0.0355. The molecule has 0 spiro atoms. The largest absolute Gasteiger partial charge is 0.365 e. The van der Waals surface area contributed by atoms with Gasteiger partial charge in [0.05, 0.1) is 6.10 Å². The summed E-state index contributed by atoms with van der Waals surface area (Å²) in [7, 11) is 0. The minimum atomic E-state index is 0.000346. The molecule has 2 heterocycles. The van der Waals surface area contributed by atoms with Crippen LogP contribution in [-0.2, 0) is 17.6 Å². The summed E-state index contributed by atoms with van der Waals surface area (Å²) in [5.74, 6) is 1.43. The molecule has 0 N–H and O–H groups in total. The third kappa shape index (κ3) is 3.25. The van der Waals surface area contributed by atoms with Crippen LogP contribution in [0.15, 0.2) is 34.9 Å². The van der Waals surface area contributed by atoms with Crippen molar-refractivity contribution in [2.24, 2.45) is 0 Å². The van der Waals surface area contributed by atoms with Crippen LogP contribution >= 0.6 is 0 Å². The van der Waals surface area contributed by atoms with E-state index >= 15 is 0 Å². The number of aromatic nitrogens is 2. The second-order valence-corrected chi connectivity index (χ2v) is 5.40. The maximum atomic E-state index is 5.74. The van der Waals surface area contributed by atoms with Gasteiger partial charge in [-0.05, 0) is 38.2 Å². The van der Waals surface area contributed by atoms with Gasteiger partial charge >= 0.3 is 0 Å².